The third-order valence-electron chi connectivity index (χ3n) is 5.00. The van der Waals surface area contributed by atoms with Crippen molar-refractivity contribution in [1.29, 1.82) is 0 Å². The first-order valence-corrected chi connectivity index (χ1v) is 11.4. The second kappa shape index (κ2) is 9.03. The van der Waals surface area contributed by atoms with Gasteiger partial charge in [-0.05, 0) is 19.1 Å². The van der Waals surface area contributed by atoms with E-state index in [4.69, 9.17) is 4.74 Å². The summed E-state index contributed by atoms with van der Waals surface area (Å²) in [7, 11) is -2.84. The van der Waals surface area contributed by atoms with Crippen LogP contribution < -0.4 is 10.6 Å². The van der Waals surface area contributed by atoms with E-state index in [2.05, 4.69) is 0 Å². The van der Waals surface area contributed by atoms with Gasteiger partial charge in [0.05, 0.1) is 5.56 Å². The highest BCUT2D eigenvalue weighted by atomic mass is 31.2. The molecule has 0 bridgehead atoms. The number of ether oxygens (including phenoxy) is 1. The second-order valence-corrected chi connectivity index (χ2v) is 9.92. The molecule has 0 spiro atoms. The molecule has 0 saturated carbocycles. The zero-order valence-corrected chi connectivity index (χ0v) is 17.1. The summed E-state index contributed by atoms with van der Waals surface area (Å²) in [5, 5.41) is 1.66. The number of rotatable bonds is 7. The van der Waals surface area contributed by atoms with Gasteiger partial charge in [0.25, 0.3) is 0 Å². The summed E-state index contributed by atoms with van der Waals surface area (Å²) in [6.07, 6.45) is 0.0815. The van der Waals surface area contributed by atoms with Crippen molar-refractivity contribution in [3.05, 3.63) is 96.6 Å². The average molecular weight is 392 g/mol. The van der Waals surface area contributed by atoms with E-state index in [9.17, 15) is 9.36 Å². The van der Waals surface area contributed by atoms with Gasteiger partial charge in [0.2, 0.25) is 0 Å². The molecule has 3 rings (SSSR count). The number of benzene rings is 3. The third-order valence-corrected chi connectivity index (χ3v) is 8.35. The Bertz CT molecular complexity index is 896. The maximum Gasteiger partial charge on any atom is 0.338 e. The minimum atomic E-state index is -2.84. The summed E-state index contributed by atoms with van der Waals surface area (Å²) in [4.78, 5) is 12.4. The van der Waals surface area contributed by atoms with Gasteiger partial charge in [-0.15, -0.1) is 0 Å². The van der Waals surface area contributed by atoms with Crippen molar-refractivity contribution >= 4 is 23.7 Å². The van der Waals surface area contributed by atoms with Crippen molar-refractivity contribution < 1.29 is 14.1 Å². The lowest BCUT2D eigenvalue weighted by Crippen LogP contribution is -2.29. The van der Waals surface area contributed by atoms with Gasteiger partial charge in [0.15, 0.2) is 0 Å². The molecule has 0 saturated heterocycles. The smallest absolute Gasteiger partial charge is 0.338 e. The van der Waals surface area contributed by atoms with Gasteiger partial charge in [0.1, 0.15) is 13.2 Å². The number of esters is 1. The highest BCUT2D eigenvalue weighted by molar-refractivity contribution is 7.78. The van der Waals surface area contributed by atoms with Crippen LogP contribution in [0.5, 0.6) is 0 Å². The molecule has 3 nitrogen and oxygen atoms in total. The SMILES string of the molecule is C[C@@H](CP(=O)(c1ccccc1)c1ccccc1)[C@@H](C)OC(=O)c1ccccc1. The Kier molecular flexibility index (Phi) is 6.49. The molecular weight excluding hydrogens is 367 g/mol. The van der Waals surface area contributed by atoms with Gasteiger partial charge in [-0.1, -0.05) is 85.8 Å². The molecule has 3 aromatic rings. The van der Waals surface area contributed by atoms with Crippen LogP contribution in [0.15, 0.2) is 91.0 Å². The summed E-state index contributed by atoms with van der Waals surface area (Å²) in [5.41, 5.74) is 0.524. The molecule has 0 fully saturated rings. The fourth-order valence-corrected chi connectivity index (χ4v) is 6.31. The van der Waals surface area contributed by atoms with Gasteiger partial charge < -0.3 is 9.30 Å². The van der Waals surface area contributed by atoms with E-state index in [1.54, 1.807) is 12.1 Å². The van der Waals surface area contributed by atoms with E-state index in [0.29, 0.717) is 11.7 Å². The predicted octanol–water partition coefficient (Wildman–Crippen LogP) is 4.88. The van der Waals surface area contributed by atoms with Gasteiger partial charge in [-0.25, -0.2) is 4.79 Å². The average Bonchev–Trinajstić information content (AvgIpc) is 2.75. The normalized spacial score (nSPS) is 13.5. The minimum absolute atomic E-state index is 0.0705. The van der Waals surface area contributed by atoms with Crippen molar-refractivity contribution in [1.82, 2.24) is 0 Å². The van der Waals surface area contributed by atoms with Crippen LogP contribution in [-0.2, 0) is 9.30 Å². The number of carbonyl (C=O) groups is 1. The molecule has 0 aliphatic rings. The van der Waals surface area contributed by atoms with Crippen LogP contribution in [0.3, 0.4) is 0 Å². The summed E-state index contributed by atoms with van der Waals surface area (Å²) < 4.78 is 19.8. The fraction of sp³-hybridized carbons (Fsp3) is 0.208. The van der Waals surface area contributed by atoms with Crippen LogP contribution in [0.1, 0.15) is 24.2 Å². The fourth-order valence-electron chi connectivity index (χ4n) is 3.18. The predicted molar refractivity (Wildman–Crippen MR) is 115 cm³/mol. The van der Waals surface area contributed by atoms with Crippen LogP contribution in [0, 0.1) is 5.92 Å². The molecule has 0 aliphatic carbocycles. The zero-order chi connectivity index (χ0) is 20.0. The molecule has 0 heterocycles. The molecule has 4 heteroatoms. The summed E-state index contributed by atoms with van der Waals surface area (Å²) >= 11 is 0. The van der Waals surface area contributed by atoms with Gasteiger partial charge in [-0.3, -0.25) is 0 Å². The lowest BCUT2D eigenvalue weighted by Gasteiger charge is -2.26. The number of hydrogen-bond acceptors (Lipinski definition) is 3. The van der Waals surface area contributed by atoms with E-state index in [-0.39, 0.29) is 18.0 Å². The van der Waals surface area contributed by atoms with E-state index in [1.165, 1.54) is 0 Å². The summed E-state index contributed by atoms with van der Waals surface area (Å²) in [6, 6.07) is 28.1. The summed E-state index contributed by atoms with van der Waals surface area (Å²) in [5.74, 6) is -0.423. The largest absolute Gasteiger partial charge is 0.459 e. The molecule has 0 aromatic heterocycles. The highest BCUT2D eigenvalue weighted by Crippen LogP contribution is 2.45. The first-order chi connectivity index (χ1) is 13.5. The lowest BCUT2D eigenvalue weighted by molar-refractivity contribution is 0.0241. The topological polar surface area (TPSA) is 43.4 Å². The van der Waals surface area contributed by atoms with E-state index >= 15 is 0 Å². The van der Waals surface area contributed by atoms with Gasteiger partial charge in [-0.2, -0.15) is 0 Å². The van der Waals surface area contributed by atoms with Crippen molar-refractivity contribution in [2.75, 3.05) is 6.16 Å². The second-order valence-electron chi connectivity index (χ2n) is 7.05. The van der Waals surface area contributed by atoms with Crippen LogP contribution in [-0.4, -0.2) is 18.2 Å². The van der Waals surface area contributed by atoms with Crippen molar-refractivity contribution in [2.45, 2.75) is 20.0 Å². The van der Waals surface area contributed by atoms with Gasteiger partial charge in [0, 0.05) is 22.7 Å². The quantitative estimate of drug-likeness (QED) is 0.425. The van der Waals surface area contributed by atoms with E-state index in [0.717, 1.165) is 10.6 Å². The monoisotopic (exact) mass is 392 g/mol. The first kappa shape index (κ1) is 20.1. The van der Waals surface area contributed by atoms with Crippen molar-refractivity contribution in [3.8, 4) is 0 Å². The molecule has 3 aromatic carbocycles. The van der Waals surface area contributed by atoms with Crippen LogP contribution in [0.4, 0.5) is 0 Å². The van der Waals surface area contributed by atoms with Crippen LogP contribution >= 0.6 is 7.14 Å². The van der Waals surface area contributed by atoms with Gasteiger partial charge >= 0.3 is 5.97 Å². The molecule has 0 aliphatic heterocycles. The molecular formula is C24H25O3P. The Morgan fingerprint density at radius 1 is 0.786 bits per heavy atom. The Morgan fingerprint density at radius 2 is 1.21 bits per heavy atom. The lowest BCUT2D eigenvalue weighted by atomic mass is 10.1. The number of hydrogen-bond donors (Lipinski definition) is 0. The Hall–Kier alpha value is -2.64. The van der Waals surface area contributed by atoms with E-state index in [1.807, 2.05) is 92.7 Å². The standard InChI is InChI=1S/C24H25O3P/c1-19(20(2)27-24(25)21-12-6-3-7-13-21)18-28(26,22-14-8-4-9-15-22)23-16-10-5-11-17-23/h3-17,19-20H,18H2,1-2H3/t19-,20+/m0/s1. The zero-order valence-electron chi connectivity index (χ0n) is 16.2. The molecule has 0 radical (unpaired) electrons. The Morgan fingerprint density at radius 3 is 1.68 bits per heavy atom. The molecule has 0 amide bonds. The molecule has 28 heavy (non-hydrogen) atoms. The van der Waals surface area contributed by atoms with Crippen molar-refractivity contribution in [2.24, 2.45) is 5.92 Å². The molecule has 2 atom stereocenters. The number of carbonyl (C=O) groups excluding carboxylic acids is 1. The van der Waals surface area contributed by atoms with Crippen LogP contribution in [0.2, 0.25) is 0 Å². The molecule has 0 unspecified atom stereocenters. The maximum atomic E-state index is 14.1. The Balaban J connectivity index is 1.81. The molecule has 0 N–H and O–H groups in total. The molecule has 144 valence electrons. The highest BCUT2D eigenvalue weighted by Gasteiger charge is 2.32. The van der Waals surface area contributed by atoms with Crippen LogP contribution in [0.25, 0.3) is 0 Å². The van der Waals surface area contributed by atoms with Crippen molar-refractivity contribution in [3.63, 3.8) is 0 Å². The van der Waals surface area contributed by atoms with E-state index < -0.39 is 7.14 Å². The third kappa shape index (κ3) is 4.61. The summed E-state index contributed by atoms with van der Waals surface area (Å²) in [6.45, 7) is 3.85. The Labute approximate surface area is 166 Å². The maximum absolute atomic E-state index is 14.1. The minimum Gasteiger partial charge on any atom is -0.459 e. The first-order valence-electron chi connectivity index (χ1n) is 9.47.